The molecule has 0 heterocycles. The van der Waals surface area contributed by atoms with Crippen LogP contribution in [0.4, 0.5) is 0 Å². The van der Waals surface area contributed by atoms with Crippen molar-refractivity contribution in [3.05, 3.63) is 36.5 Å². The molecule has 1 rings (SSSR count). The molecule has 4 N–H and O–H groups in total. The van der Waals surface area contributed by atoms with Gasteiger partial charge in [-0.2, -0.15) is 0 Å². The smallest absolute Gasteiger partial charge is 0.462 e. The molecular weight excluding hydrogens is 749 g/mol. The van der Waals surface area contributed by atoms with Gasteiger partial charge < -0.3 is 34.2 Å². The fourth-order valence-electron chi connectivity index (χ4n) is 6.69. The first-order valence-electron chi connectivity index (χ1n) is 22.0. The number of esters is 2. The number of phosphoric acid groups is 1. The van der Waals surface area contributed by atoms with Crippen LogP contribution in [0.5, 0.6) is 0 Å². The highest BCUT2D eigenvalue weighted by atomic mass is 31.2. The van der Waals surface area contributed by atoms with E-state index in [1.165, 1.54) is 38.5 Å². The predicted octanol–water partition coefficient (Wildman–Crippen LogP) is 8.51. The maximum atomic E-state index is 12.8. The summed E-state index contributed by atoms with van der Waals surface area (Å²) in [7, 11) is 1.27. The van der Waals surface area contributed by atoms with Crippen LogP contribution < -0.4 is 0 Å². The first kappa shape index (κ1) is 53.1. The summed E-state index contributed by atoms with van der Waals surface area (Å²) in [5.41, 5.74) is 0. The van der Waals surface area contributed by atoms with Crippen LogP contribution in [-0.2, 0) is 32.7 Å². The van der Waals surface area contributed by atoms with Crippen LogP contribution in [-0.4, -0.2) is 109 Å². The summed E-state index contributed by atoms with van der Waals surface area (Å²) < 4.78 is 34.2. The third kappa shape index (κ3) is 29.1. The van der Waals surface area contributed by atoms with Gasteiger partial charge in [-0.1, -0.05) is 121 Å². The lowest BCUT2D eigenvalue weighted by molar-refractivity contribution is -0.870. The van der Waals surface area contributed by atoms with Crippen molar-refractivity contribution >= 4 is 19.8 Å². The van der Waals surface area contributed by atoms with Gasteiger partial charge in [0.25, 0.3) is 0 Å². The van der Waals surface area contributed by atoms with E-state index in [1.807, 2.05) is 21.1 Å². The second-order valence-corrected chi connectivity index (χ2v) is 18.2. The number of likely N-dealkylation sites (N-methyl/N-ethyl adjacent to an activating group) is 1. The lowest BCUT2D eigenvalue weighted by Gasteiger charge is -2.24. The third-order valence-corrected chi connectivity index (χ3v) is 11.2. The van der Waals surface area contributed by atoms with Crippen molar-refractivity contribution in [1.82, 2.24) is 0 Å². The van der Waals surface area contributed by atoms with Crippen LogP contribution in [0.25, 0.3) is 0 Å². The van der Waals surface area contributed by atoms with E-state index in [0.717, 1.165) is 57.8 Å². The number of rotatable bonds is 35. The summed E-state index contributed by atoms with van der Waals surface area (Å²) in [6.45, 7) is 3.91. The Hall–Kier alpha value is -1.89. The van der Waals surface area contributed by atoms with Crippen molar-refractivity contribution in [1.29, 1.82) is 0 Å². The number of unbranched alkanes of at least 4 members (excludes halogenated alkanes) is 13. The van der Waals surface area contributed by atoms with Gasteiger partial charge in [-0.15, -0.1) is 0 Å². The van der Waals surface area contributed by atoms with Gasteiger partial charge in [0.15, 0.2) is 6.10 Å². The summed E-state index contributed by atoms with van der Waals surface area (Å²) in [5, 5.41) is 31.4. The molecule has 13 heteroatoms. The number of hydrogen-bond acceptors (Lipinski definition) is 10. The second-order valence-electron chi connectivity index (χ2n) is 16.7. The Bertz CT molecular complexity index is 1190. The molecule has 12 nitrogen and oxygen atoms in total. The van der Waals surface area contributed by atoms with Gasteiger partial charge in [0, 0.05) is 18.8 Å². The molecule has 0 aromatic heterocycles. The molecule has 1 aliphatic rings. The minimum atomic E-state index is -4.47. The van der Waals surface area contributed by atoms with Crippen molar-refractivity contribution < 1.29 is 57.4 Å². The number of allylic oxidation sites excluding steroid dienone is 3. The Labute approximate surface area is 345 Å². The number of carbonyl (C=O) groups excluding carboxylic acids is 2. The summed E-state index contributed by atoms with van der Waals surface area (Å²) in [4.78, 5) is 35.6. The monoisotopic (exact) mass is 831 g/mol. The molecule has 0 aliphatic heterocycles. The van der Waals surface area contributed by atoms with Crippen LogP contribution in [0.1, 0.15) is 149 Å². The maximum Gasteiger partial charge on any atom is 0.472 e. The van der Waals surface area contributed by atoms with E-state index >= 15 is 0 Å². The molecule has 0 saturated heterocycles. The van der Waals surface area contributed by atoms with Crippen molar-refractivity contribution in [2.75, 3.05) is 47.5 Å². The standard InChI is InChI=1S/C44H80NO11P/c1-6-8-10-11-12-13-14-15-16-17-18-19-20-21-23-28-43(49)53-35-38(36-55-57(51,52)54-33-32-45(3,4)5)56-44(50)29-25-24-27-39-40(42(48)34-41(39)47)31-30-37(46)26-22-9-7-2/h15-16,24-25,30-31,37-42,46-48H,6-14,17-23,26-29,32-36H2,1-5H3/p+1/b16-15-,25-24-,31-30+/t37-,38-,39+,40-,41+,42-/m1/s1. The molecule has 332 valence electrons. The molecule has 0 spiro atoms. The first-order chi connectivity index (χ1) is 27.2. The van der Waals surface area contributed by atoms with Crippen molar-refractivity contribution in [2.45, 2.75) is 173 Å². The zero-order valence-electron chi connectivity index (χ0n) is 36.1. The van der Waals surface area contributed by atoms with E-state index in [-0.39, 0.29) is 44.3 Å². The molecule has 0 bridgehead atoms. The number of carbonyl (C=O) groups is 2. The topological polar surface area (TPSA) is 169 Å². The largest absolute Gasteiger partial charge is 0.472 e. The Morgan fingerprint density at radius 2 is 1.39 bits per heavy atom. The Morgan fingerprint density at radius 1 is 0.772 bits per heavy atom. The van der Waals surface area contributed by atoms with Gasteiger partial charge in [0.05, 0.1) is 52.5 Å². The number of aliphatic hydroxyl groups excluding tert-OH is 3. The fraction of sp³-hybridized carbons (Fsp3) is 0.818. The Morgan fingerprint density at radius 3 is 2.04 bits per heavy atom. The average molecular weight is 831 g/mol. The summed E-state index contributed by atoms with van der Waals surface area (Å²) in [6.07, 6.45) is 27.5. The molecular formula is C44H81NO11P+. The van der Waals surface area contributed by atoms with Crippen LogP contribution >= 0.6 is 7.82 Å². The summed E-state index contributed by atoms with van der Waals surface area (Å²) >= 11 is 0. The molecule has 7 atom stereocenters. The highest BCUT2D eigenvalue weighted by molar-refractivity contribution is 7.47. The van der Waals surface area contributed by atoms with E-state index in [4.69, 9.17) is 18.5 Å². The van der Waals surface area contributed by atoms with E-state index in [1.54, 1.807) is 24.3 Å². The molecule has 1 aliphatic carbocycles. The summed E-state index contributed by atoms with van der Waals surface area (Å²) in [6, 6.07) is 0. The number of aliphatic hydroxyl groups is 3. The highest BCUT2D eigenvalue weighted by Gasteiger charge is 2.39. The van der Waals surface area contributed by atoms with Gasteiger partial charge in [0.1, 0.15) is 19.8 Å². The predicted molar refractivity (Wildman–Crippen MR) is 226 cm³/mol. The maximum absolute atomic E-state index is 12.8. The van der Waals surface area contributed by atoms with Crippen LogP contribution in [0.2, 0.25) is 0 Å². The zero-order valence-corrected chi connectivity index (χ0v) is 37.0. The van der Waals surface area contributed by atoms with Gasteiger partial charge in [0.2, 0.25) is 0 Å². The van der Waals surface area contributed by atoms with Gasteiger partial charge in [-0.25, -0.2) is 4.57 Å². The number of nitrogens with zero attached hydrogens (tertiary/aromatic N) is 1. The Balaban J connectivity index is 2.57. The lowest BCUT2D eigenvalue weighted by atomic mass is 9.89. The van der Waals surface area contributed by atoms with Gasteiger partial charge in [-0.3, -0.25) is 18.6 Å². The molecule has 0 aromatic carbocycles. The average Bonchev–Trinajstić information content (AvgIpc) is 3.42. The van der Waals surface area contributed by atoms with E-state index < -0.39 is 50.8 Å². The molecule has 0 aromatic rings. The zero-order chi connectivity index (χ0) is 42.4. The highest BCUT2D eigenvalue weighted by Crippen LogP contribution is 2.43. The van der Waals surface area contributed by atoms with Crippen molar-refractivity contribution in [2.24, 2.45) is 11.8 Å². The number of phosphoric ester groups is 1. The number of ether oxygens (including phenoxy) is 2. The fourth-order valence-corrected chi connectivity index (χ4v) is 7.43. The van der Waals surface area contributed by atoms with Crippen LogP contribution in [0.15, 0.2) is 36.5 Å². The molecule has 57 heavy (non-hydrogen) atoms. The first-order valence-corrected chi connectivity index (χ1v) is 23.5. The van der Waals surface area contributed by atoms with Gasteiger partial charge >= 0.3 is 19.8 Å². The molecule has 1 saturated carbocycles. The molecule has 1 unspecified atom stereocenters. The van der Waals surface area contributed by atoms with Crippen LogP contribution in [0.3, 0.4) is 0 Å². The van der Waals surface area contributed by atoms with Crippen molar-refractivity contribution in [3.8, 4) is 0 Å². The van der Waals surface area contributed by atoms with E-state index in [0.29, 0.717) is 30.3 Å². The molecule has 1 fully saturated rings. The summed E-state index contributed by atoms with van der Waals surface area (Å²) in [5.74, 6) is -1.73. The second kappa shape index (κ2) is 32.0. The SMILES string of the molecule is CCCCCCCC/C=C\CCCCCCCC(=O)OC[C@H](COP(=O)(O)OCC[N+](C)(C)C)OC(=O)C/C=C\C[C@H]1[C@@H](/C=C/[C@H](O)CCCCC)[C@H](O)C[C@@H]1O. The third-order valence-electron chi connectivity index (χ3n) is 10.2. The van der Waals surface area contributed by atoms with Crippen LogP contribution in [0, 0.1) is 11.8 Å². The number of hydrogen-bond donors (Lipinski definition) is 4. The number of quaternary nitrogens is 1. The minimum Gasteiger partial charge on any atom is -0.462 e. The quantitative estimate of drug-likeness (QED) is 0.0159. The lowest BCUT2D eigenvalue weighted by Crippen LogP contribution is -2.37. The van der Waals surface area contributed by atoms with Crippen molar-refractivity contribution in [3.63, 3.8) is 0 Å². The Kier molecular flexibility index (Phi) is 29.8. The van der Waals surface area contributed by atoms with E-state index in [2.05, 4.69) is 26.0 Å². The minimum absolute atomic E-state index is 0.0274. The normalized spacial score (nSPS) is 21.1. The van der Waals surface area contributed by atoms with E-state index in [9.17, 15) is 34.4 Å². The molecule has 0 amide bonds. The molecule has 0 radical (unpaired) electrons. The van der Waals surface area contributed by atoms with Gasteiger partial charge in [-0.05, 0) is 50.9 Å².